The molecule has 0 bridgehead atoms. The van der Waals surface area contributed by atoms with Crippen molar-refractivity contribution in [1.82, 2.24) is 9.80 Å². The monoisotopic (exact) mass is 419 g/mol. The first kappa shape index (κ1) is 22.9. The van der Waals surface area contributed by atoms with Crippen LogP contribution in [0.25, 0.3) is 0 Å². The first-order valence-electron chi connectivity index (χ1n) is 9.49. The summed E-state index contributed by atoms with van der Waals surface area (Å²) in [6.45, 7) is 3.17. The van der Waals surface area contributed by atoms with E-state index in [-0.39, 0.29) is 37.9 Å². The number of amides is 4. The minimum atomic E-state index is -0.607. The van der Waals surface area contributed by atoms with Crippen LogP contribution in [-0.4, -0.2) is 72.4 Å². The Hall–Kier alpha value is -3.43. The summed E-state index contributed by atoms with van der Waals surface area (Å²) in [5, 5.41) is 2.55. The lowest BCUT2D eigenvalue weighted by Gasteiger charge is -2.13. The highest BCUT2D eigenvalue weighted by Gasteiger charge is 2.32. The molecule has 0 radical (unpaired) electrons. The fourth-order valence-corrected chi connectivity index (χ4v) is 2.66. The third-order valence-electron chi connectivity index (χ3n) is 4.10. The van der Waals surface area contributed by atoms with Gasteiger partial charge < -0.3 is 19.7 Å². The van der Waals surface area contributed by atoms with Crippen molar-refractivity contribution in [3.63, 3.8) is 0 Å². The summed E-state index contributed by atoms with van der Waals surface area (Å²) in [5.41, 5.74) is 0.793. The number of anilines is 1. The predicted octanol–water partition coefficient (Wildman–Crippen LogP) is 1.41. The molecule has 0 aromatic heterocycles. The van der Waals surface area contributed by atoms with E-state index in [1.54, 1.807) is 13.8 Å². The third kappa shape index (κ3) is 6.57. The molecule has 0 atom stereocenters. The van der Waals surface area contributed by atoms with Crippen molar-refractivity contribution in [3.05, 3.63) is 29.8 Å². The van der Waals surface area contributed by atoms with Gasteiger partial charge in [-0.15, -0.1) is 0 Å². The van der Waals surface area contributed by atoms with E-state index in [9.17, 15) is 24.0 Å². The number of hydrogen-bond donors (Lipinski definition) is 1. The van der Waals surface area contributed by atoms with Gasteiger partial charge in [0.2, 0.25) is 5.91 Å². The molecule has 10 nitrogen and oxygen atoms in total. The van der Waals surface area contributed by atoms with Crippen molar-refractivity contribution in [2.75, 3.05) is 32.1 Å². The Kier molecular flexibility index (Phi) is 7.90. The molecule has 162 valence electrons. The van der Waals surface area contributed by atoms with Gasteiger partial charge in [0.25, 0.3) is 5.91 Å². The Morgan fingerprint density at radius 3 is 2.37 bits per heavy atom. The van der Waals surface area contributed by atoms with Gasteiger partial charge in [-0.25, -0.2) is 9.59 Å². The van der Waals surface area contributed by atoms with Gasteiger partial charge in [-0.05, 0) is 44.5 Å². The second-order valence-electron chi connectivity index (χ2n) is 7.03. The minimum absolute atomic E-state index is 0.0271. The summed E-state index contributed by atoms with van der Waals surface area (Å²) < 4.78 is 9.97. The molecule has 1 aromatic carbocycles. The van der Waals surface area contributed by atoms with Crippen LogP contribution in [0, 0.1) is 0 Å². The summed E-state index contributed by atoms with van der Waals surface area (Å²) >= 11 is 0. The molecule has 1 aliphatic heterocycles. The van der Waals surface area contributed by atoms with Crippen LogP contribution in [0.1, 0.15) is 37.0 Å². The molecular weight excluding hydrogens is 394 g/mol. The summed E-state index contributed by atoms with van der Waals surface area (Å²) in [6, 6.07) is 5.72. The highest BCUT2D eigenvalue weighted by atomic mass is 16.5. The quantitative estimate of drug-likeness (QED) is 0.474. The molecule has 0 aliphatic carbocycles. The molecule has 4 amide bonds. The van der Waals surface area contributed by atoms with E-state index in [0.29, 0.717) is 11.3 Å². The Bertz CT molecular complexity index is 820. The molecule has 1 heterocycles. The van der Waals surface area contributed by atoms with Gasteiger partial charge in [0.05, 0.1) is 11.7 Å². The van der Waals surface area contributed by atoms with Crippen LogP contribution in [-0.2, 0) is 23.9 Å². The van der Waals surface area contributed by atoms with Crippen molar-refractivity contribution in [1.29, 1.82) is 0 Å². The van der Waals surface area contributed by atoms with Crippen molar-refractivity contribution in [2.45, 2.75) is 32.8 Å². The van der Waals surface area contributed by atoms with Gasteiger partial charge in [0.1, 0.15) is 6.54 Å². The molecule has 10 heteroatoms. The summed E-state index contributed by atoms with van der Waals surface area (Å²) in [6.07, 6.45) is -0.00955. The van der Waals surface area contributed by atoms with Gasteiger partial charge in [-0.2, -0.15) is 0 Å². The van der Waals surface area contributed by atoms with Gasteiger partial charge in [0.15, 0.2) is 6.61 Å². The van der Waals surface area contributed by atoms with E-state index < -0.39 is 30.5 Å². The van der Waals surface area contributed by atoms with E-state index in [1.807, 2.05) is 0 Å². The minimum Gasteiger partial charge on any atom is -0.459 e. The Labute approximate surface area is 174 Å². The maximum absolute atomic E-state index is 11.9. The first-order chi connectivity index (χ1) is 14.2. The number of likely N-dealkylation sites (N-methyl/N-ethyl adjacent to an activating group) is 1. The van der Waals surface area contributed by atoms with Gasteiger partial charge in [0, 0.05) is 25.7 Å². The Morgan fingerprint density at radius 1 is 1.13 bits per heavy atom. The molecule has 0 saturated carbocycles. The van der Waals surface area contributed by atoms with E-state index >= 15 is 0 Å². The Balaban J connectivity index is 1.69. The number of ether oxygens (including phenoxy) is 2. The highest BCUT2D eigenvalue weighted by molar-refractivity contribution is 6.01. The van der Waals surface area contributed by atoms with Gasteiger partial charge >= 0.3 is 18.0 Å². The molecule has 1 aromatic rings. The SMILES string of the molecule is CC(C)OC(=O)c1ccc(NC(=O)COC(=O)CCCN2C(=O)CN(C)C2=O)cc1. The summed E-state index contributed by atoms with van der Waals surface area (Å²) in [4.78, 5) is 61.2. The molecule has 1 saturated heterocycles. The average molecular weight is 419 g/mol. The van der Waals surface area contributed by atoms with Gasteiger partial charge in [-0.3, -0.25) is 19.3 Å². The van der Waals surface area contributed by atoms with Crippen molar-refractivity contribution < 1.29 is 33.4 Å². The third-order valence-corrected chi connectivity index (χ3v) is 4.10. The normalized spacial score (nSPS) is 13.6. The van der Waals surface area contributed by atoms with Crippen LogP contribution < -0.4 is 5.32 Å². The highest BCUT2D eigenvalue weighted by Crippen LogP contribution is 2.12. The Morgan fingerprint density at radius 2 is 1.80 bits per heavy atom. The second kappa shape index (κ2) is 10.4. The molecule has 1 aliphatic rings. The van der Waals surface area contributed by atoms with Crippen molar-refractivity contribution in [2.24, 2.45) is 0 Å². The van der Waals surface area contributed by atoms with Crippen LogP contribution in [0.4, 0.5) is 10.5 Å². The number of carbonyl (C=O) groups is 5. The second-order valence-corrected chi connectivity index (χ2v) is 7.03. The topological polar surface area (TPSA) is 122 Å². The lowest BCUT2D eigenvalue weighted by Crippen LogP contribution is -2.32. The molecule has 0 spiro atoms. The van der Waals surface area contributed by atoms with Crippen LogP contribution in [0.3, 0.4) is 0 Å². The number of carbonyl (C=O) groups excluding carboxylic acids is 5. The molecule has 2 rings (SSSR count). The fraction of sp³-hybridized carbons (Fsp3) is 0.450. The number of benzene rings is 1. The van der Waals surface area contributed by atoms with E-state index in [2.05, 4.69) is 5.32 Å². The molecule has 30 heavy (non-hydrogen) atoms. The maximum Gasteiger partial charge on any atom is 0.338 e. The van der Waals surface area contributed by atoms with E-state index in [0.717, 1.165) is 4.90 Å². The lowest BCUT2D eigenvalue weighted by molar-refractivity contribution is -0.147. The smallest absolute Gasteiger partial charge is 0.338 e. The van der Waals surface area contributed by atoms with E-state index in [4.69, 9.17) is 9.47 Å². The molecule has 0 unspecified atom stereocenters. The zero-order chi connectivity index (χ0) is 22.3. The lowest BCUT2D eigenvalue weighted by atomic mass is 10.2. The van der Waals surface area contributed by atoms with E-state index in [1.165, 1.54) is 36.2 Å². The average Bonchev–Trinajstić information content (AvgIpc) is 2.92. The zero-order valence-electron chi connectivity index (χ0n) is 17.2. The number of rotatable bonds is 9. The maximum atomic E-state index is 11.9. The largest absolute Gasteiger partial charge is 0.459 e. The van der Waals surface area contributed by atoms with Crippen LogP contribution in [0.2, 0.25) is 0 Å². The van der Waals surface area contributed by atoms with Crippen LogP contribution in [0.15, 0.2) is 24.3 Å². The van der Waals surface area contributed by atoms with Crippen LogP contribution in [0.5, 0.6) is 0 Å². The summed E-state index contributed by atoms with van der Waals surface area (Å²) in [5.74, 6) is -1.91. The number of imide groups is 1. The van der Waals surface area contributed by atoms with Crippen LogP contribution >= 0.6 is 0 Å². The number of hydrogen-bond acceptors (Lipinski definition) is 7. The van der Waals surface area contributed by atoms with Gasteiger partial charge in [-0.1, -0.05) is 0 Å². The van der Waals surface area contributed by atoms with Crippen molar-refractivity contribution in [3.8, 4) is 0 Å². The fourth-order valence-electron chi connectivity index (χ4n) is 2.66. The number of nitrogens with one attached hydrogen (secondary N) is 1. The van der Waals surface area contributed by atoms with Crippen molar-refractivity contribution >= 4 is 35.5 Å². The zero-order valence-corrected chi connectivity index (χ0v) is 17.2. The molecule has 1 N–H and O–H groups in total. The number of urea groups is 1. The molecule has 1 fully saturated rings. The molecular formula is C20H25N3O7. The summed E-state index contributed by atoms with van der Waals surface area (Å²) in [7, 11) is 1.53. The first-order valence-corrected chi connectivity index (χ1v) is 9.49. The number of nitrogens with zero attached hydrogens (tertiary/aromatic N) is 2. The predicted molar refractivity (Wildman–Crippen MR) is 106 cm³/mol. The number of esters is 2. The standard InChI is InChI=1S/C20H25N3O7/c1-13(2)30-19(27)14-6-8-15(9-7-14)21-16(24)12-29-18(26)5-4-10-23-17(25)11-22(3)20(23)28/h6-9,13H,4-5,10-12H2,1-3H3,(H,21,24).